The molecule has 1 fully saturated rings. The summed E-state index contributed by atoms with van der Waals surface area (Å²) in [5, 5.41) is 24.0. The number of hydrogen-bond donors (Lipinski definition) is 4. The molecule has 1 amide bonds. The number of nitrogens with zero attached hydrogens (tertiary/aromatic N) is 4. The number of hydrogen-bond acceptors (Lipinski definition) is 8. The first-order valence-corrected chi connectivity index (χ1v) is 12.3. The van der Waals surface area contributed by atoms with Crippen LogP contribution in [0.3, 0.4) is 0 Å². The average molecular weight is 523 g/mol. The zero-order valence-corrected chi connectivity index (χ0v) is 21.1. The number of likely N-dealkylation sites (tertiary alicyclic amines) is 1. The van der Waals surface area contributed by atoms with E-state index in [2.05, 4.69) is 15.3 Å². The topological polar surface area (TPSA) is 128 Å². The number of nitrogens with two attached hydrogens (primary N) is 1. The second-order valence-electron chi connectivity index (χ2n) is 9.62. The fourth-order valence-electron chi connectivity index (χ4n) is 4.29. The molecule has 2 unspecified atom stereocenters. The van der Waals surface area contributed by atoms with Gasteiger partial charge in [-0.05, 0) is 32.1 Å². The van der Waals surface area contributed by atoms with Crippen LogP contribution >= 0.6 is 0 Å². The van der Waals surface area contributed by atoms with Crippen molar-refractivity contribution >= 4 is 17.5 Å². The maximum Gasteiger partial charge on any atom is 0.391 e. The Hall–Kier alpha value is -2.25. The third-order valence-corrected chi connectivity index (χ3v) is 6.93. The van der Waals surface area contributed by atoms with Crippen molar-refractivity contribution in [3.63, 3.8) is 0 Å². The SMILES string of the molecule is CC[C@@H](CCC(C)C(F)(F)F)CN(CC)c1ncnc(NCC2(O)CCN(CC(N)=O)C[C@H]2O)c1F. The maximum absolute atomic E-state index is 15.3. The van der Waals surface area contributed by atoms with Gasteiger partial charge in [0.15, 0.2) is 11.6 Å². The smallest absolute Gasteiger partial charge is 0.389 e. The maximum atomic E-state index is 15.3. The minimum atomic E-state index is -4.24. The first kappa shape index (κ1) is 30.0. The molecule has 0 bridgehead atoms. The minimum Gasteiger partial charge on any atom is -0.389 e. The molecule has 206 valence electrons. The molecule has 13 heteroatoms. The van der Waals surface area contributed by atoms with Gasteiger partial charge in [0.1, 0.15) is 11.9 Å². The molecule has 1 aromatic heterocycles. The Balaban J connectivity index is 2.05. The highest BCUT2D eigenvalue weighted by Gasteiger charge is 2.41. The molecule has 0 radical (unpaired) electrons. The number of carbonyl (C=O) groups excluding carboxylic acids is 1. The van der Waals surface area contributed by atoms with E-state index >= 15 is 4.39 Å². The normalized spacial score (nSPS) is 22.8. The predicted molar refractivity (Wildman–Crippen MR) is 128 cm³/mol. The van der Waals surface area contributed by atoms with E-state index in [4.69, 9.17) is 5.73 Å². The Bertz CT molecular complexity index is 862. The van der Waals surface area contributed by atoms with E-state index in [0.29, 0.717) is 32.5 Å². The molecule has 2 heterocycles. The molecule has 2 rings (SSSR count). The van der Waals surface area contributed by atoms with Gasteiger partial charge in [-0.3, -0.25) is 9.69 Å². The summed E-state index contributed by atoms with van der Waals surface area (Å²) < 4.78 is 54.0. The summed E-state index contributed by atoms with van der Waals surface area (Å²) in [7, 11) is 0. The van der Waals surface area contributed by atoms with Crippen LogP contribution in [0.1, 0.15) is 46.5 Å². The van der Waals surface area contributed by atoms with Gasteiger partial charge in [-0.15, -0.1) is 0 Å². The lowest BCUT2D eigenvalue weighted by Crippen LogP contribution is -2.59. The number of halogens is 4. The van der Waals surface area contributed by atoms with Crippen molar-refractivity contribution in [2.45, 2.75) is 64.3 Å². The Kier molecular flexibility index (Phi) is 10.7. The van der Waals surface area contributed by atoms with Gasteiger partial charge in [0.2, 0.25) is 11.7 Å². The van der Waals surface area contributed by atoms with E-state index in [9.17, 15) is 28.2 Å². The summed E-state index contributed by atoms with van der Waals surface area (Å²) in [5.41, 5.74) is 3.61. The molecule has 1 saturated heterocycles. The highest BCUT2D eigenvalue weighted by molar-refractivity contribution is 5.75. The van der Waals surface area contributed by atoms with E-state index < -0.39 is 35.5 Å². The van der Waals surface area contributed by atoms with Crippen molar-refractivity contribution in [2.24, 2.45) is 17.6 Å². The monoisotopic (exact) mass is 522 g/mol. The number of anilines is 2. The Morgan fingerprint density at radius 1 is 1.36 bits per heavy atom. The van der Waals surface area contributed by atoms with Gasteiger partial charge in [0.05, 0.1) is 18.6 Å². The van der Waals surface area contributed by atoms with Gasteiger partial charge >= 0.3 is 6.18 Å². The molecule has 4 atom stereocenters. The molecule has 0 aromatic carbocycles. The Morgan fingerprint density at radius 2 is 2.06 bits per heavy atom. The third kappa shape index (κ3) is 8.13. The van der Waals surface area contributed by atoms with Gasteiger partial charge in [0, 0.05) is 32.7 Å². The van der Waals surface area contributed by atoms with E-state index in [1.165, 1.54) is 13.3 Å². The lowest BCUT2D eigenvalue weighted by atomic mass is 9.88. The summed E-state index contributed by atoms with van der Waals surface area (Å²) >= 11 is 0. The molecule has 1 aromatic rings. The Labute approximate surface area is 209 Å². The van der Waals surface area contributed by atoms with E-state index in [0.717, 1.165) is 0 Å². The van der Waals surface area contributed by atoms with Crippen molar-refractivity contribution in [3.05, 3.63) is 12.1 Å². The second kappa shape index (κ2) is 12.8. The number of amides is 1. The van der Waals surface area contributed by atoms with Crippen molar-refractivity contribution < 1.29 is 32.6 Å². The predicted octanol–water partition coefficient (Wildman–Crippen LogP) is 2.14. The molecule has 0 aliphatic carbocycles. The molecule has 5 N–H and O–H groups in total. The molecule has 1 aliphatic heterocycles. The molecular weight excluding hydrogens is 484 g/mol. The molecule has 0 saturated carbocycles. The number of nitrogens with one attached hydrogen (secondary N) is 1. The number of aliphatic hydroxyl groups is 2. The lowest BCUT2D eigenvalue weighted by Gasteiger charge is -2.41. The van der Waals surface area contributed by atoms with Gasteiger partial charge in [-0.25, -0.2) is 9.97 Å². The van der Waals surface area contributed by atoms with Crippen LogP contribution in [0.5, 0.6) is 0 Å². The minimum absolute atomic E-state index is 0.00357. The first-order chi connectivity index (χ1) is 16.8. The van der Waals surface area contributed by atoms with Crippen molar-refractivity contribution in [1.29, 1.82) is 0 Å². The molecular formula is C23H38F4N6O3. The molecule has 36 heavy (non-hydrogen) atoms. The quantitative estimate of drug-likeness (QED) is 0.290. The van der Waals surface area contributed by atoms with Crippen LogP contribution in [0.25, 0.3) is 0 Å². The van der Waals surface area contributed by atoms with Crippen LogP contribution in [0, 0.1) is 17.7 Å². The van der Waals surface area contributed by atoms with Crippen LogP contribution in [-0.2, 0) is 4.79 Å². The number of carbonyl (C=O) groups is 1. The summed E-state index contributed by atoms with van der Waals surface area (Å²) in [6, 6.07) is 0. The number of β-amino-alcohol motifs (C(OH)–C–C–N with tert-alkyl or cyclic N) is 1. The second-order valence-corrected chi connectivity index (χ2v) is 9.62. The largest absolute Gasteiger partial charge is 0.391 e. The van der Waals surface area contributed by atoms with Crippen molar-refractivity contribution in [2.75, 3.05) is 49.5 Å². The Morgan fingerprint density at radius 3 is 2.61 bits per heavy atom. The van der Waals surface area contributed by atoms with E-state index in [1.54, 1.807) is 16.7 Å². The lowest BCUT2D eigenvalue weighted by molar-refractivity contribution is -0.171. The number of aromatic nitrogens is 2. The first-order valence-electron chi connectivity index (χ1n) is 12.3. The summed E-state index contributed by atoms with van der Waals surface area (Å²) in [6.07, 6.45) is -3.15. The van der Waals surface area contributed by atoms with Gasteiger partial charge < -0.3 is 26.2 Å². The van der Waals surface area contributed by atoms with Crippen molar-refractivity contribution in [3.8, 4) is 0 Å². The zero-order valence-electron chi connectivity index (χ0n) is 21.1. The number of piperidine rings is 1. The van der Waals surface area contributed by atoms with Crippen LogP contribution in [0.2, 0.25) is 0 Å². The van der Waals surface area contributed by atoms with Crippen LogP contribution in [-0.4, -0.2) is 88.1 Å². The van der Waals surface area contributed by atoms with Crippen LogP contribution in [0.4, 0.5) is 29.2 Å². The fraction of sp³-hybridized carbons (Fsp3) is 0.783. The highest BCUT2D eigenvalue weighted by Crippen LogP contribution is 2.32. The molecule has 9 nitrogen and oxygen atoms in total. The number of alkyl halides is 3. The van der Waals surface area contributed by atoms with E-state index in [1.807, 2.05) is 6.92 Å². The average Bonchev–Trinajstić information content (AvgIpc) is 2.80. The van der Waals surface area contributed by atoms with E-state index in [-0.39, 0.29) is 50.0 Å². The number of rotatable bonds is 13. The standard InChI is InChI=1S/C23H38F4N6O3/c1-4-16(7-6-15(3)23(25,26)27)10-33(5-2)21-19(24)20(30-14-31-21)29-13-22(36)8-9-32(11-17(22)34)12-18(28)35/h14-17,34,36H,4-13H2,1-3H3,(H2,28,35)(H,29,30,31)/t15?,16-,17+,22?/m0/s1. The summed E-state index contributed by atoms with van der Waals surface area (Å²) in [6.45, 7) is 5.72. The molecule has 0 spiro atoms. The number of aliphatic hydroxyl groups excluding tert-OH is 1. The third-order valence-electron chi connectivity index (χ3n) is 6.93. The fourth-order valence-corrected chi connectivity index (χ4v) is 4.29. The van der Waals surface area contributed by atoms with Crippen molar-refractivity contribution in [1.82, 2.24) is 14.9 Å². The summed E-state index contributed by atoms with van der Waals surface area (Å²) in [4.78, 5) is 22.4. The van der Waals surface area contributed by atoms with Gasteiger partial charge in [-0.2, -0.15) is 17.6 Å². The van der Waals surface area contributed by atoms with Crippen LogP contribution in [0.15, 0.2) is 6.33 Å². The van der Waals surface area contributed by atoms with Gasteiger partial charge in [0.25, 0.3) is 0 Å². The summed E-state index contributed by atoms with van der Waals surface area (Å²) in [5.74, 6) is -2.92. The highest BCUT2D eigenvalue weighted by atomic mass is 19.4. The van der Waals surface area contributed by atoms with Crippen LogP contribution < -0.4 is 16.0 Å². The molecule has 1 aliphatic rings. The zero-order chi connectivity index (χ0) is 27.1. The number of primary amides is 1. The van der Waals surface area contributed by atoms with Gasteiger partial charge in [-0.1, -0.05) is 20.3 Å².